The first kappa shape index (κ1) is 10.7. The van der Waals surface area contributed by atoms with Crippen LogP contribution in [0.1, 0.15) is 30.8 Å². The molecule has 1 aliphatic heterocycles. The van der Waals surface area contributed by atoms with Crippen LogP contribution in [0.15, 0.2) is 10.7 Å². The van der Waals surface area contributed by atoms with Gasteiger partial charge in [-0.1, -0.05) is 6.42 Å². The van der Waals surface area contributed by atoms with Crippen LogP contribution in [-0.2, 0) is 17.6 Å². The summed E-state index contributed by atoms with van der Waals surface area (Å²) in [6.07, 6.45) is 7.64. The fraction of sp³-hybridized carbons (Fsp3) is 0.636. The van der Waals surface area contributed by atoms with Gasteiger partial charge in [0.15, 0.2) is 5.89 Å². The highest BCUT2D eigenvalue weighted by Crippen LogP contribution is 2.27. The molecule has 1 saturated heterocycles. The normalized spacial score (nSPS) is 21.5. The van der Waals surface area contributed by atoms with Gasteiger partial charge in [-0.15, -0.1) is 0 Å². The van der Waals surface area contributed by atoms with Crippen LogP contribution in [0.5, 0.6) is 0 Å². The molecule has 3 nitrogen and oxygen atoms in total. The summed E-state index contributed by atoms with van der Waals surface area (Å²) in [5, 5.41) is 0.654. The van der Waals surface area contributed by atoms with Crippen molar-refractivity contribution >= 4 is 18.0 Å². The molecule has 0 bridgehead atoms. The zero-order valence-electron chi connectivity index (χ0n) is 8.65. The quantitative estimate of drug-likeness (QED) is 0.737. The molecule has 0 aromatic carbocycles. The van der Waals surface area contributed by atoms with Gasteiger partial charge < -0.3 is 9.21 Å². The Bertz CT molecular complexity index is 318. The SMILES string of the molecule is O=CCc1coc(CC2CCCCS2)n1. The van der Waals surface area contributed by atoms with Crippen molar-refractivity contribution in [1.82, 2.24) is 4.98 Å². The van der Waals surface area contributed by atoms with Crippen molar-refractivity contribution in [3.8, 4) is 0 Å². The topological polar surface area (TPSA) is 43.1 Å². The van der Waals surface area contributed by atoms with Gasteiger partial charge in [-0.3, -0.25) is 0 Å². The van der Waals surface area contributed by atoms with Crippen molar-refractivity contribution in [3.63, 3.8) is 0 Å². The molecule has 1 atom stereocenters. The summed E-state index contributed by atoms with van der Waals surface area (Å²) >= 11 is 2.01. The van der Waals surface area contributed by atoms with Gasteiger partial charge in [0.2, 0.25) is 0 Å². The molecular weight excluding hydrogens is 210 g/mol. The maximum atomic E-state index is 10.3. The van der Waals surface area contributed by atoms with E-state index in [0.717, 1.165) is 24.3 Å². The number of rotatable bonds is 4. The molecule has 1 fully saturated rings. The van der Waals surface area contributed by atoms with E-state index >= 15 is 0 Å². The lowest BCUT2D eigenvalue weighted by molar-refractivity contribution is -0.107. The number of oxazole rings is 1. The van der Waals surface area contributed by atoms with Gasteiger partial charge in [-0.05, 0) is 18.6 Å². The fourth-order valence-corrected chi connectivity index (χ4v) is 3.08. The number of aldehydes is 1. The van der Waals surface area contributed by atoms with Crippen molar-refractivity contribution in [1.29, 1.82) is 0 Å². The molecule has 0 aliphatic carbocycles. The predicted molar refractivity (Wildman–Crippen MR) is 60.1 cm³/mol. The number of carbonyl (C=O) groups is 1. The summed E-state index contributed by atoms with van der Waals surface area (Å²) < 4.78 is 5.34. The van der Waals surface area contributed by atoms with E-state index in [-0.39, 0.29) is 0 Å². The fourth-order valence-electron chi connectivity index (χ4n) is 1.78. The first-order valence-electron chi connectivity index (χ1n) is 5.37. The van der Waals surface area contributed by atoms with Crippen molar-refractivity contribution in [2.45, 2.75) is 37.4 Å². The molecular formula is C11H15NO2S. The Morgan fingerprint density at radius 2 is 2.53 bits per heavy atom. The molecule has 2 rings (SSSR count). The molecule has 0 radical (unpaired) electrons. The zero-order valence-corrected chi connectivity index (χ0v) is 9.46. The first-order valence-corrected chi connectivity index (χ1v) is 6.42. The molecule has 1 unspecified atom stereocenters. The Balaban J connectivity index is 1.88. The average Bonchev–Trinajstić information content (AvgIpc) is 2.68. The summed E-state index contributed by atoms with van der Waals surface area (Å²) in [6, 6.07) is 0. The van der Waals surface area contributed by atoms with E-state index in [9.17, 15) is 4.79 Å². The molecule has 4 heteroatoms. The third-order valence-corrected chi connectivity index (χ3v) is 3.97. The average molecular weight is 225 g/mol. The van der Waals surface area contributed by atoms with E-state index in [4.69, 9.17) is 4.42 Å². The van der Waals surface area contributed by atoms with E-state index in [2.05, 4.69) is 4.98 Å². The minimum absolute atomic E-state index is 0.362. The van der Waals surface area contributed by atoms with Crippen LogP contribution < -0.4 is 0 Å². The Morgan fingerprint density at radius 1 is 1.60 bits per heavy atom. The number of hydrogen-bond acceptors (Lipinski definition) is 4. The van der Waals surface area contributed by atoms with Crippen LogP contribution in [0, 0.1) is 0 Å². The third-order valence-electron chi connectivity index (χ3n) is 2.57. The monoisotopic (exact) mass is 225 g/mol. The number of hydrogen-bond donors (Lipinski definition) is 0. The van der Waals surface area contributed by atoms with Crippen LogP contribution in [0.4, 0.5) is 0 Å². The van der Waals surface area contributed by atoms with E-state index in [1.165, 1.54) is 25.0 Å². The Morgan fingerprint density at radius 3 is 3.27 bits per heavy atom. The van der Waals surface area contributed by atoms with E-state index < -0.39 is 0 Å². The highest BCUT2D eigenvalue weighted by molar-refractivity contribution is 7.99. The number of aromatic nitrogens is 1. The molecule has 0 N–H and O–H groups in total. The van der Waals surface area contributed by atoms with E-state index in [1.54, 1.807) is 6.26 Å². The molecule has 1 aromatic heterocycles. The lowest BCUT2D eigenvalue weighted by Gasteiger charge is -2.19. The van der Waals surface area contributed by atoms with E-state index in [0.29, 0.717) is 11.7 Å². The zero-order chi connectivity index (χ0) is 10.5. The second kappa shape index (κ2) is 5.35. The highest BCUT2D eigenvalue weighted by atomic mass is 32.2. The van der Waals surface area contributed by atoms with Crippen LogP contribution in [0.3, 0.4) is 0 Å². The Hall–Kier alpha value is -0.770. The number of carbonyl (C=O) groups excluding carboxylic acids is 1. The van der Waals surface area contributed by atoms with Gasteiger partial charge in [-0.25, -0.2) is 4.98 Å². The molecule has 2 heterocycles. The van der Waals surface area contributed by atoms with Crippen molar-refractivity contribution in [2.24, 2.45) is 0 Å². The number of nitrogens with zero attached hydrogens (tertiary/aromatic N) is 1. The number of thioether (sulfide) groups is 1. The first-order chi connectivity index (χ1) is 7.38. The van der Waals surface area contributed by atoms with Crippen molar-refractivity contribution in [2.75, 3.05) is 5.75 Å². The summed E-state index contributed by atoms with van der Waals surface area (Å²) in [7, 11) is 0. The van der Waals surface area contributed by atoms with Gasteiger partial charge >= 0.3 is 0 Å². The van der Waals surface area contributed by atoms with Crippen molar-refractivity contribution in [3.05, 3.63) is 17.8 Å². The lowest BCUT2D eigenvalue weighted by Crippen LogP contribution is -2.12. The minimum Gasteiger partial charge on any atom is -0.449 e. The summed E-state index contributed by atoms with van der Waals surface area (Å²) in [5.74, 6) is 2.04. The van der Waals surface area contributed by atoms with E-state index in [1.807, 2.05) is 11.8 Å². The largest absolute Gasteiger partial charge is 0.449 e. The standard InChI is InChI=1S/C11H15NO2S/c13-5-4-9-8-14-11(12-9)7-10-3-1-2-6-15-10/h5,8,10H,1-4,6-7H2. The molecule has 15 heavy (non-hydrogen) atoms. The second-order valence-corrected chi connectivity index (χ2v) is 5.20. The summed E-state index contributed by atoms with van der Waals surface area (Å²) in [6.45, 7) is 0. The third kappa shape index (κ3) is 3.09. The molecule has 1 aliphatic rings. The molecule has 82 valence electrons. The summed E-state index contributed by atoms with van der Waals surface area (Å²) in [5.41, 5.74) is 0.751. The smallest absolute Gasteiger partial charge is 0.195 e. The van der Waals surface area contributed by atoms with Gasteiger partial charge in [0.05, 0.1) is 5.69 Å². The molecule has 0 saturated carbocycles. The maximum Gasteiger partial charge on any atom is 0.195 e. The highest BCUT2D eigenvalue weighted by Gasteiger charge is 2.16. The van der Waals surface area contributed by atoms with Gasteiger partial charge in [0.1, 0.15) is 12.5 Å². The van der Waals surface area contributed by atoms with Crippen LogP contribution in [0.2, 0.25) is 0 Å². The predicted octanol–water partition coefficient (Wildman–Crippen LogP) is 2.24. The molecule has 0 amide bonds. The molecule has 0 spiro atoms. The Kier molecular flexibility index (Phi) is 3.83. The van der Waals surface area contributed by atoms with Crippen LogP contribution >= 0.6 is 11.8 Å². The maximum absolute atomic E-state index is 10.3. The minimum atomic E-state index is 0.362. The lowest BCUT2D eigenvalue weighted by atomic mass is 10.1. The summed E-state index contributed by atoms with van der Waals surface area (Å²) in [4.78, 5) is 14.6. The van der Waals surface area contributed by atoms with Gasteiger partial charge in [0, 0.05) is 18.1 Å². The second-order valence-electron chi connectivity index (χ2n) is 3.80. The van der Waals surface area contributed by atoms with Gasteiger partial charge in [0.25, 0.3) is 0 Å². The van der Waals surface area contributed by atoms with Crippen LogP contribution in [-0.4, -0.2) is 22.3 Å². The Labute approximate surface area is 93.6 Å². The van der Waals surface area contributed by atoms with Gasteiger partial charge in [-0.2, -0.15) is 11.8 Å². The van der Waals surface area contributed by atoms with Crippen molar-refractivity contribution < 1.29 is 9.21 Å². The van der Waals surface area contributed by atoms with Crippen LogP contribution in [0.25, 0.3) is 0 Å². The molecule has 1 aromatic rings.